The summed E-state index contributed by atoms with van der Waals surface area (Å²) >= 11 is 0. The zero-order chi connectivity index (χ0) is 13.9. The lowest BCUT2D eigenvalue weighted by Crippen LogP contribution is -2.39. The number of nitrogens with two attached hydrogens (primary N) is 1. The maximum atomic E-state index is 12.2. The van der Waals surface area contributed by atoms with Crippen LogP contribution in [0.15, 0.2) is 18.5 Å². The van der Waals surface area contributed by atoms with Crippen molar-refractivity contribution in [3.8, 4) is 0 Å². The molecule has 1 amide bonds. The van der Waals surface area contributed by atoms with Crippen molar-refractivity contribution in [1.29, 1.82) is 0 Å². The first-order chi connectivity index (χ1) is 9.02. The highest BCUT2D eigenvalue weighted by Gasteiger charge is 2.28. The topological polar surface area (TPSA) is 80.0 Å². The molecule has 0 aromatic carbocycles. The molecule has 1 fully saturated rings. The van der Waals surface area contributed by atoms with Crippen LogP contribution in [-0.2, 0) is 0 Å². The van der Waals surface area contributed by atoms with Crippen LogP contribution in [0.5, 0.6) is 0 Å². The first kappa shape index (κ1) is 13.8. The number of hydrogen-bond donors (Lipinski definition) is 3. The summed E-state index contributed by atoms with van der Waals surface area (Å²) in [4.78, 5) is 16.2. The zero-order valence-electron chi connectivity index (χ0n) is 11.6. The minimum Gasteiger partial charge on any atom is -0.349 e. The van der Waals surface area contributed by atoms with E-state index in [0.29, 0.717) is 16.7 Å². The number of carbonyl (C=O) groups excluding carboxylic acids is 1. The molecule has 1 aliphatic rings. The number of anilines is 1. The van der Waals surface area contributed by atoms with Gasteiger partial charge in [0.05, 0.1) is 17.4 Å². The van der Waals surface area contributed by atoms with Crippen LogP contribution in [0.25, 0.3) is 0 Å². The van der Waals surface area contributed by atoms with Crippen molar-refractivity contribution in [1.82, 2.24) is 10.3 Å². The van der Waals surface area contributed by atoms with E-state index in [-0.39, 0.29) is 11.9 Å². The van der Waals surface area contributed by atoms with Gasteiger partial charge in [0.15, 0.2) is 0 Å². The number of nitrogen functional groups attached to an aromatic ring is 1. The molecule has 1 saturated carbocycles. The molecule has 5 nitrogen and oxygen atoms in total. The van der Waals surface area contributed by atoms with E-state index in [9.17, 15) is 4.79 Å². The van der Waals surface area contributed by atoms with Crippen LogP contribution >= 0.6 is 0 Å². The van der Waals surface area contributed by atoms with Crippen molar-refractivity contribution in [2.75, 3.05) is 5.43 Å². The monoisotopic (exact) mass is 262 g/mol. The highest BCUT2D eigenvalue weighted by Crippen LogP contribution is 2.35. The lowest BCUT2D eigenvalue weighted by molar-refractivity contribution is 0.0909. The molecule has 5 heteroatoms. The van der Waals surface area contributed by atoms with E-state index in [4.69, 9.17) is 5.84 Å². The van der Waals surface area contributed by atoms with Gasteiger partial charge < -0.3 is 10.7 Å². The number of nitrogens with one attached hydrogen (secondary N) is 2. The van der Waals surface area contributed by atoms with Gasteiger partial charge in [0.1, 0.15) is 0 Å². The fraction of sp³-hybridized carbons (Fsp3) is 0.571. The number of hydrogen-bond acceptors (Lipinski definition) is 4. The summed E-state index contributed by atoms with van der Waals surface area (Å²) in [6.07, 6.45) is 7.52. The number of pyridine rings is 1. The van der Waals surface area contributed by atoms with Gasteiger partial charge in [-0.2, -0.15) is 0 Å². The van der Waals surface area contributed by atoms with Crippen molar-refractivity contribution in [2.45, 2.75) is 45.6 Å². The van der Waals surface area contributed by atoms with Crippen LogP contribution in [0.3, 0.4) is 0 Å². The molecule has 0 atom stereocenters. The van der Waals surface area contributed by atoms with Gasteiger partial charge in [-0.3, -0.25) is 15.6 Å². The lowest BCUT2D eigenvalue weighted by Gasteiger charge is -2.34. The zero-order valence-corrected chi connectivity index (χ0v) is 11.6. The summed E-state index contributed by atoms with van der Waals surface area (Å²) in [6.45, 7) is 4.56. The molecular formula is C14H22N4O. The van der Waals surface area contributed by atoms with Gasteiger partial charge in [-0.1, -0.05) is 13.8 Å². The number of aromatic nitrogens is 1. The average molecular weight is 262 g/mol. The Labute approximate surface area is 114 Å². The Kier molecular flexibility index (Phi) is 4.04. The summed E-state index contributed by atoms with van der Waals surface area (Å²) in [5, 5.41) is 3.09. The van der Waals surface area contributed by atoms with E-state index in [1.165, 1.54) is 0 Å². The number of amides is 1. The highest BCUT2D eigenvalue weighted by atomic mass is 16.1. The molecule has 0 unspecified atom stereocenters. The van der Waals surface area contributed by atoms with Gasteiger partial charge in [-0.05, 0) is 37.2 Å². The molecule has 0 bridgehead atoms. The van der Waals surface area contributed by atoms with Gasteiger partial charge in [0, 0.05) is 12.2 Å². The first-order valence-corrected chi connectivity index (χ1v) is 6.73. The van der Waals surface area contributed by atoms with Crippen molar-refractivity contribution in [2.24, 2.45) is 11.3 Å². The molecule has 0 saturated heterocycles. The standard InChI is InChI=1S/C14H22N4O/c1-14(2)6-3-10(4-7-14)17-13(19)11-5-8-16-9-12(11)18-15/h5,8-10,18H,3-4,6-7,15H2,1-2H3,(H,17,19). The molecule has 104 valence electrons. The van der Waals surface area contributed by atoms with E-state index in [0.717, 1.165) is 25.7 Å². The van der Waals surface area contributed by atoms with Crippen LogP contribution in [0.2, 0.25) is 0 Å². The third-order valence-corrected chi connectivity index (χ3v) is 3.90. The second kappa shape index (κ2) is 5.57. The summed E-state index contributed by atoms with van der Waals surface area (Å²) in [6, 6.07) is 1.94. The van der Waals surface area contributed by atoms with Crippen LogP contribution in [-0.4, -0.2) is 16.9 Å². The maximum Gasteiger partial charge on any atom is 0.253 e. The van der Waals surface area contributed by atoms with Crippen LogP contribution in [0, 0.1) is 5.41 Å². The number of hydrazine groups is 1. The SMILES string of the molecule is CC1(C)CCC(NC(=O)c2ccncc2NN)CC1. The Morgan fingerprint density at radius 3 is 2.74 bits per heavy atom. The molecule has 4 N–H and O–H groups in total. The average Bonchev–Trinajstić information content (AvgIpc) is 2.41. The second-order valence-electron chi connectivity index (χ2n) is 5.98. The summed E-state index contributed by atoms with van der Waals surface area (Å²) in [5.41, 5.74) is 4.00. The Balaban J connectivity index is 1.98. The van der Waals surface area contributed by atoms with Crippen LogP contribution in [0.1, 0.15) is 49.9 Å². The molecule has 1 aliphatic carbocycles. The van der Waals surface area contributed by atoms with Gasteiger partial charge in [-0.15, -0.1) is 0 Å². The van der Waals surface area contributed by atoms with E-state index in [1.54, 1.807) is 18.5 Å². The highest BCUT2D eigenvalue weighted by molar-refractivity contribution is 5.99. The second-order valence-corrected chi connectivity index (χ2v) is 5.98. The van der Waals surface area contributed by atoms with Crippen molar-refractivity contribution >= 4 is 11.6 Å². The Morgan fingerprint density at radius 1 is 1.42 bits per heavy atom. The van der Waals surface area contributed by atoms with E-state index < -0.39 is 0 Å². The molecule has 1 aromatic rings. The fourth-order valence-electron chi connectivity index (χ4n) is 2.51. The number of carbonyl (C=O) groups is 1. The van der Waals surface area contributed by atoms with Crippen LogP contribution < -0.4 is 16.6 Å². The van der Waals surface area contributed by atoms with Crippen LogP contribution in [0.4, 0.5) is 5.69 Å². The predicted octanol–water partition coefficient (Wildman–Crippen LogP) is 2.07. The maximum absolute atomic E-state index is 12.2. The minimum atomic E-state index is -0.0833. The summed E-state index contributed by atoms with van der Waals surface area (Å²) in [7, 11) is 0. The third-order valence-electron chi connectivity index (χ3n) is 3.90. The third kappa shape index (κ3) is 3.44. The van der Waals surface area contributed by atoms with Gasteiger partial charge in [-0.25, -0.2) is 0 Å². The van der Waals surface area contributed by atoms with Crippen molar-refractivity contribution < 1.29 is 4.79 Å². The first-order valence-electron chi connectivity index (χ1n) is 6.73. The van der Waals surface area contributed by atoms with E-state index in [2.05, 4.69) is 29.6 Å². The predicted molar refractivity (Wildman–Crippen MR) is 75.6 cm³/mol. The molecule has 0 spiro atoms. The minimum absolute atomic E-state index is 0.0833. The Bertz CT molecular complexity index is 449. The molecule has 1 aromatic heterocycles. The lowest BCUT2D eigenvalue weighted by atomic mass is 9.75. The van der Waals surface area contributed by atoms with Gasteiger partial charge in [0.25, 0.3) is 5.91 Å². The smallest absolute Gasteiger partial charge is 0.253 e. The van der Waals surface area contributed by atoms with Gasteiger partial charge >= 0.3 is 0 Å². The molecule has 0 radical (unpaired) electrons. The summed E-state index contributed by atoms with van der Waals surface area (Å²) in [5.74, 6) is 5.30. The normalized spacial score (nSPS) is 18.9. The summed E-state index contributed by atoms with van der Waals surface area (Å²) < 4.78 is 0. The van der Waals surface area contributed by atoms with Crippen molar-refractivity contribution in [3.63, 3.8) is 0 Å². The largest absolute Gasteiger partial charge is 0.349 e. The van der Waals surface area contributed by atoms with Gasteiger partial charge in [0.2, 0.25) is 0 Å². The fourth-order valence-corrected chi connectivity index (χ4v) is 2.51. The molecule has 0 aliphatic heterocycles. The van der Waals surface area contributed by atoms with Crippen molar-refractivity contribution in [3.05, 3.63) is 24.0 Å². The number of nitrogens with zero attached hydrogens (tertiary/aromatic N) is 1. The molecule has 2 rings (SSSR count). The molecule has 19 heavy (non-hydrogen) atoms. The molecular weight excluding hydrogens is 240 g/mol. The Morgan fingerprint density at radius 2 is 2.11 bits per heavy atom. The van der Waals surface area contributed by atoms with E-state index in [1.807, 2.05) is 0 Å². The number of rotatable bonds is 3. The quantitative estimate of drug-likeness (QED) is 0.575. The Hall–Kier alpha value is -1.62. The molecule has 1 heterocycles. The van der Waals surface area contributed by atoms with E-state index >= 15 is 0 Å².